The summed E-state index contributed by atoms with van der Waals surface area (Å²) in [6.07, 6.45) is 0. The predicted octanol–water partition coefficient (Wildman–Crippen LogP) is 1.50. The van der Waals surface area contributed by atoms with Gasteiger partial charge in [-0.2, -0.15) is 0 Å². The molecule has 0 aliphatic carbocycles. The molecule has 2 aromatic rings. The van der Waals surface area contributed by atoms with Crippen LogP contribution in [0, 0.1) is 5.41 Å². The first-order chi connectivity index (χ1) is 16.7. The van der Waals surface area contributed by atoms with Gasteiger partial charge in [0.1, 0.15) is 29.2 Å². The van der Waals surface area contributed by atoms with Crippen LogP contribution in [0.4, 0.5) is 0 Å². The van der Waals surface area contributed by atoms with E-state index in [-0.39, 0.29) is 28.8 Å². The first-order valence-corrected chi connectivity index (χ1v) is 12.5. The Morgan fingerprint density at radius 1 is 1.36 bits per heavy atom. The third-order valence-electron chi connectivity index (χ3n) is 5.99. The van der Waals surface area contributed by atoms with Crippen molar-refractivity contribution in [1.29, 1.82) is 0 Å². The van der Waals surface area contributed by atoms with E-state index < -0.39 is 40.2 Å². The molecule has 4 atom stereocenters. The Morgan fingerprint density at radius 3 is 2.69 bits per heavy atom. The number of phenols is 1. The summed E-state index contributed by atoms with van der Waals surface area (Å²) in [4.78, 5) is 40.7. The van der Waals surface area contributed by atoms with E-state index in [2.05, 4.69) is 20.7 Å². The molecule has 36 heavy (non-hydrogen) atoms. The van der Waals surface area contributed by atoms with Crippen LogP contribution in [0.15, 0.2) is 18.2 Å². The Hall–Kier alpha value is -2.90. The maximum absolute atomic E-state index is 13.1. The molecule has 4 N–H and O–H groups in total. The van der Waals surface area contributed by atoms with Gasteiger partial charge in [-0.3, -0.25) is 14.4 Å². The number of carbonyl (C=O) groups excluding carboxylic acids is 3. The number of thioether (sulfide) groups is 1. The average Bonchev–Trinajstić information content (AvgIpc) is 3.36. The highest BCUT2D eigenvalue weighted by Gasteiger charge is 2.63. The van der Waals surface area contributed by atoms with E-state index in [1.165, 1.54) is 34.8 Å². The van der Waals surface area contributed by atoms with Crippen LogP contribution < -0.4 is 11.1 Å². The summed E-state index contributed by atoms with van der Waals surface area (Å²) in [5.74, 6) is -1.03. The molecule has 0 spiro atoms. The summed E-state index contributed by atoms with van der Waals surface area (Å²) in [5, 5.41) is 24.4. The van der Waals surface area contributed by atoms with Gasteiger partial charge in [0, 0.05) is 4.75 Å². The Morgan fingerprint density at radius 2 is 2.06 bits per heavy atom. The summed E-state index contributed by atoms with van der Waals surface area (Å²) < 4.78 is 4.75. The van der Waals surface area contributed by atoms with Crippen molar-refractivity contribution in [2.75, 3.05) is 0 Å². The van der Waals surface area contributed by atoms with Crippen molar-refractivity contribution in [3.05, 3.63) is 34.6 Å². The van der Waals surface area contributed by atoms with Gasteiger partial charge < -0.3 is 25.8 Å². The smallest absolute Gasteiger partial charge is 0.313 e. The van der Waals surface area contributed by atoms with Crippen LogP contribution in [0.3, 0.4) is 0 Å². The first kappa shape index (κ1) is 26.2. The summed E-state index contributed by atoms with van der Waals surface area (Å²) in [7, 11) is 0. The lowest BCUT2D eigenvalue weighted by Gasteiger charge is -2.44. The van der Waals surface area contributed by atoms with E-state index in [4.69, 9.17) is 22.1 Å². The van der Waals surface area contributed by atoms with Crippen LogP contribution in [-0.2, 0) is 25.9 Å². The van der Waals surface area contributed by atoms with Crippen LogP contribution >= 0.6 is 23.4 Å². The third kappa shape index (κ3) is 4.74. The fraction of sp³-hybridized carbons (Fsp3) is 0.545. The predicted molar refractivity (Wildman–Crippen MR) is 130 cm³/mol. The van der Waals surface area contributed by atoms with Crippen molar-refractivity contribution < 1.29 is 24.2 Å². The number of nitrogens with two attached hydrogens (primary N) is 1. The number of phenolic OH excluding ortho intramolecular Hbond substituents is 1. The summed E-state index contributed by atoms with van der Waals surface area (Å²) in [5.41, 5.74) is 5.81. The highest BCUT2D eigenvalue weighted by atomic mass is 35.5. The highest BCUT2D eigenvalue weighted by molar-refractivity contribution is 8.01. The number of nitrogens with one attached hydrogen (secondary N) is 1. The lowest BCUT2D eigenvalue weighted by molar-refractivity contribution is -0.158. The minimum absolute atomic E-state index is 0.0753. The van der Waals surface area contributed by atoms with Crippen LogP contribution in [0.5, 0.6) is 5.75 Å². The molecule has 1 aromatic heterocycles. The van der Waals surface area contributed by atoms with Gasteiger partial charge >= 0.3 is 5.97 Å². The number of aromatic hydroxyl groups is 1. The van der Waals surface area contributed by atoms with E-state index in [1.807, 2.05) is 13.8 Å². The summed E-state index contributed by atoms with van der Waals surface area (Å²) >= 11 is 7.43. The van der Waals surface area contributed by atoms with Crippen molar-refractivity contribution in [2.45, 2.75) is 69.6 Å². The SMILES string of the molecule is CC(C)(C)C(=O)OCn1nnc(C2N3C(=O)C(NC(=O)[C@H](N)c4ccc(O)c(Cl)c4)[C@H]3SC2(C)C)n1. The van der Waals surface area contributed by atoms with E-state index in [1.54, 1.807) is 25.7 Å². The van der Waals surface area contributed by atoms with E-state index in [0.29, 0.717) is 11.4 Å². The molecular formula is C22H28ClN7O5S. The maximum atomic E-state index is 13.1. The molecule has 1 aromatic carbocycles. The van der Waals surface area contributed by atoms with Crippen molar-refractivity contribution in [3.8, 4) is 5.75 Å². The van der Waals surface area contributed by atoms with Gasteiger partial charge in [-0.05, 0) is 57.5 Å². The number of amides is 2. The zero-order chi connectivity index (χ0) is 26.6. The number of halogens is 1. The Kier molecular flexibility index (Phi) is 6.69. The Labute approximate surface area is 216 Å². The van der Waals surface area contributed by atoms with Crippen molar-refractivity contribution >= 4 is 41.1 Å². The molecule has 4 rings (SSSR count). The second-order valence-electron chi connectivity index (χ2n) is 10.3. The number of tetrazole rings is 1. The van der Waals surface area contributed by atoms with Crippen LogP contribution in [0.25, 0.3) is 0 Å². The van der Waals surface area contributed by atoms with Crippen LogP contribution in [0.2, 0.25) is 5.02 Å². The topological polar surface area (TPSA) is 166 Å². The molecule has 2 saturated heterocycles. The molecule has 2 amide bonds. The van der Waals surface area contributed by atoms with Gasteiger partial charge in [0.05, 0.1) is 10.4 Å². The first-order valence-electron chi connectivity index (χ1n) is 11.2. The maximum Gasteiger partial charge on any atom is 0.313 e. The second kappa shape index (κ2) is 9.20. The molecule has 2 fully saturated rings. The number of hydrogen-bond acceptors (Lipinski definition) is 10. The number of rotatable bonds is 6. The minimum Gasteiger partial charge on any atom is -0.506 e. The molecule has 2 aliphatic rings. The molecule has 12 nitrogen and oxygen atoms in total. The normalized spacial score (nSPS) is 23.6. The largest absolute Gasteiger partial charge is 0.506 e. The quantitative estimate of drug-likeness (QED) is 0.363. The zero-order valence-electron chi connectivity index (χ0n) is 20.4. The van der Waals surface area contributed by atoms with E-state index in [0.717, 1.165) is 0 Å². The van der Waals surface area contributed by atoms with Gasteiger partial charge in [0.15, 0.2) is 5.82 Å². The summed E-state index contributed by atoms with van der Waals surface area (Å²) in [6.45, 7) is 8.94. The number of fused-ring (bicyclic) bond motifs is 1. The number of carbonyl (C=O) groups is 3. The number of ether oxygens (including phenoxy) is 1. The fourth-order valence-electron chi connectivity index (χ4n) is 4.03. The van der Waals surface area contributed by atoms with Crippen LogP contribution in [0.1, 0.15) is 58.1 Å². The van der Waals surface area contributed by atoms with E-state index >= 15 is 0 Å². The number of hydrogen-bond donors (Lipinski definition) is 3. The second-order valence-corrected chi connectivity index (χ2v) is 12.4. The van der Waals surface area contributed by atoms with E-state index in [9.17, 15) is 19.5 Å². The molecule has 2 aliphatic heterocycles. The van der Waals surface area contributed by atoms with Gasteiger partial charge in [-0.15, -0.1) is 26.8 Å². The highest BCUT2D eigenvalue weighted by Crippen LogP contribution is 2.56. The number of esters is 1. The monoisotopic (exact) mass is 537 g/mol. The van der Waals surface area contributed by atoms with Crippen molar-refractivity contribution in [2.24, 2.45) is 11.1 Å². The van der Waals surface area contributed by atoms with Gasteiger partial charge in [0.25, 0.3) is 0 Å². The number of β-lactam (4-membered cyclic amide) rings is 1. The number of nitrogens with zero attached hydrogens (tertiary/aromatic N) is 5. The van der Waals surface area contributed by atoms with Crippen molar-refractivity contribution in [1.82, 2.24) is 30.4 Å². The lowest BCUT2D eigenvalue weighted by atomic mass is 9.95. The average molecular weight is 538 g/mol. The summed E-state index contributed by atoms with van der Waals surface area (Å²) in [6, 6.07) is 1.92. The Balaban J connectivity index is 1.44. The molecule has 3 heterocycles. The van der Waals surface area contributed by atoms with Gasteiger partial charge in [-0.25, -0.2) is 0 Å². The minimum atomic E-state index is -1.07. The molecule has 0 saturated carbocycles. The van der Waals surface area contributed by atoms with Gasteiger partial charge in [0.2, 0.25) is 18.5 Å². The van der Waals surface area contributed by atoms with Crippen molar-refractivity contribution in [3.63, 3.8) is 0 Å². The lowest BCUT2D eigenvalue weighted by Crippen LogP contribution is -2.68. The third-order valence-corrected chi connectivity index (χ3v) is 7.86. The number of benzene rings is 1. The zero-order valence-corrected chi connectivity index (χ0v) is 22.0. The fourth-order valence-corrected chi connectivity index (χ4v) is 5.85. The number of aromatic nitrogens is 4. The molecule has 14 heteroatoms. The van der Waals surface area contributed by atoms with Gasteiger partial charge in [-0.1, -0.05) is 17.7 Å². The molecule has 2 unspecified atom stereocenters. The molecular weight excluding hydrogens is 510 g/mol. The molecule has 194 valence electrons. The Bertz CT molecular complexity index is 1210. The standard InChI is InChI=1S/C22H28ClN7O5S/c1-21(2,3)20(34)35-9-29-27-16(26-28-29)15-22(4,5)36-19-14(18(33)30(15)19)25-17(32)13(24)10-6-7-12(31)11(23)8-10/h6-8,13-15,19,31H,9,24H2,1-5H3,(H,25,32)/t13-,14?,15?,19-/m1/s1. The van der Waals surface area contributed by atoms with Crippen LogP contribution in [-0.4, -0.2) is 64.2 Å². The molecule has 0 bridgehead atoms. The molecule has 0 radical (unpaired) electrons.